The molecule has 0 fully saturated rings. The zero-order valence-electron chi connectivity index (χ0n) is 13.9. The number of esters is 1. The minimum Gasteiger partial charge on any atom is -0.494 e. The molecule has 0 radical (unpaired) electrons. The van der Waals surface area contributed by atoms with Crippen molar-refractivity contribution in [1.82, 2.24) is 0 Å². The monoisotopic (exact) mass is 362 g/mol. The molecule has 2 aromatic rings. The summed E-state index contributed by atoms with van der Waals surface area (Å²) in [4.78, 5) is 34.3. The second-order valence-electron chi connectivity index (χ2n) is 5.19. The fourth-order valence-electron chi connectivity index (χ4n) is 2.00. The molecule has 0 aromatic heterocycles. The highest BCUT2D eigenvalue weighted by molar-refractivity contribution is 5.98. The fraction of sp³-hybridized carbons (Fsp3) is 0.176. The SMILES string of the molecule is COc1cc([N+](=O)[O-])ccc1NC(=O)[C@@H](C)OC(=O)c1ccc(F)cc1. The van der Waals surface area contributed by atoms with E-state index < -0.39 is 28.7 Å². The highest BCUT2D eigenvalue weighted by Gasteiger charge is 2.21. The van der Waals surface area contributed by atoms with E-state index in [9.17, 15) is 24.1 Å². The molecular formula is C17H15FN2O6. The molecule has 0 unspecified atom stereocenters. The summed E-state index contributed by atoms with van der Waals surface area (Å²) >= 11 is 0. The van der Waals surface area contributed by atoms with E-state index in [1.807, 2.05) is 0 Å². The fourth-order valence-corrected chi connectivity index (χ4v) is 2.00. The third-order valence-electron chi connectivity index (χ3n) is 3.39. The quantitative estimate of drug-likeness (QED) is 0.481. The van der Waals surface area contributed by atoms with E-state index >= 15 is 0 Å². The molecule has 26 heavy (non-hydrogen) atoms. The highest BCUT2D eigenvalue weighted by atomic mass is 19.1. The zero-order chi connectivity index (χ0) is 19.3. The number of nitrogens with one attached hydrogen (secondary N) is 1. The number of amides is 1. The number of halogens is 1. The zero-order valence-corrected chi connectivity index (χ0v) is 13.9. The first-order valence-electron chi connectivity index (χ1n) is 7.41. The first-order valence-corrected chi connectivity index (χ1v) is 7.41. The van der Waals surface area contributed by atoms with Crippen LogP contribution in [0.5, 0.6) is 5.75 Å². The Labute approximate surface area is 147 Å². The maximum atomic E-state index is 12.9. The van der Waals surface area contributed by atoms with Crippen LogP contribution < -0.4 is 10.1 Å². The molecule has 0 heterocycles. The maximum absolute atomic E-state index is 12.9. The lowest BCUT2D eigenvalue weighted by Gasteiger charge is -2.15. The molecule has 0 spiro atoms. The summed E-state index contributed by atoms with van der Waals surface area (Å²) in [6.45, 7) is 1.36. The van der Waals surface area contributed by atoms with Gasteiger partial charge in [-0.1, -0.05) is 0 Å². The third-order valence-corrected chi connectivity index (χ3v) is 3.39. The van der Waals surface area contributed by atoms with Gasteiger partial charge in [0.2, 0.25) is 0 Å². The van der Waals surface area contributed by atoms with Gasteiger partial charge in [-0.25, -0.2) is 9.18 Å². The molecule has 0 aliphatic carbocycles. The number of benzene rings is 2. The summed E-state index contributed by atoms with van der Waals surface area (Å²) in [5.74, 6) is -1.86. The molecular weight excluding hydrogens is 347 g/mol. The van der Waals surface area contributed by atoms with Gasteiger partial charge in [0, 0.05) is 6.07 Å². The molecule has 0 aliphatic heterocycles. The van der Waals surface area contributed by atoms with Gasteiger partial charge in [0.25, 0.3) is 11.6 Å². The normalized spacial score (nSPS) is 11.3. The van der Waals surface area contributed by atoms with Crippen molar-refractivity contribution in [2.24, 2.45) is 0 Å². The standard InChI is InChI=1S/C17H15FN2O6/c1-10(26-17(22)11-3-5-12(18)6-4-11)16(21)19-14-8-7-13(20(23)24)9-15(14)25-2/h3-10H,1-2H3,(H,19,21)/t10-/m1/s1. The van der Waals surface area contributed by atoms with Crippen LogP contribution in [0.4, 0.5) is 15.8 Å². The minimum absolute atomic E-state index is 0.0876. The van der Waals surface area contributed by atoms with E-state index in [2.05, 4.69) is 5.32 Å². The number of rotatable bonds is 6. The van der Waals surface area contributed by atoms with Crippen molar-refractivity contribution in [2.75, 3.05) is 12.4 Å². The summed E-state index contributed by atoms with van der Waals surface area (Å²) in [6, 6.07) is 8.34. The van der Waals surface area contributed by atoms with Gasteiger partial charge in [-0.3, -0.25) is 14.9 Å². The van der Waals surface area contributed by atoms with Gasteiger partial charge in [-0.15, -0.1) is 0 Å². The van der Waals surface area contributed by atoms with E-state index in [0.717, 1.165) is 18.2 Å². The van der Waals surface area contributed by atoms with Gasteiger partial charge >= 0.3 is 5.97 Å². The smallest absolute Gasteiger partial charge is 0.338 e. The Morgan fingerprint density at radius 3 is 2.42 bits per heavy atom. The lowest BCUT2D eigenvalue weighted by Crippen LogP contribution is -2.30. The van der Waals surface area contributed by atoms with E-state index in [1.165, 1.54) is 38.3 Å². The van der Waals surface area contributed by atoms with Crippen LogP contribution in [0.3, 0.4) is 0 Å². The highest BCUT2D eigenvalue weighted by Crippen LogP contribution is 2.29. The second-order valence-corrected chi connectivity index (χ2v) is 5.19. The lowest BCUT2D eigenvalue weighted by molar-refractivity contribution is -0.384. The summed E-state index contributed by atoms with van der Waals surface area (Å²) in [6.07, 6.45) is -1.16. The molecule has 0 aliphatic rings. The van der Waals surface area contributed by atoms with Crippen molar-refractivity contribution in [3.8, 4) is 5.75 Å². The van der Waals surface area contributed by atoms with Gasteiger partial charge in [0.15, 0.2) is 6.10 Å². The molecule has 1 atom stereocenters. The van der Waals surface area contributed by atoms with Crippen LogP contribution in [0, 0.1) is 15.9 Å². The average Bonchev–Trinajstić information content (AvgIpc) is 2.62. The number of carbonyl (C=O) groups excluding carboxylic acids is 2. The first-order chi connectivity index (χ1) is 12.3. The topological polar surface area (TPSA) is 108 Å². The van der Waals surface area contributed by atoms with Crippen LogP contribution in [0.15, 0.2) is 42.5 Å². The van der Waals surface area contributed by atoms with Crippen molar-refractivity contribution >= 4 is 23.3 Å². The molecule has 1 amide bonds. The van der Waals surface area contributed by atoms with Crippen molar-refractivity contribution in [1.29, 1.82) is 0 Å². The number of nitro groups is 1. The van der Waals surface area contributed by atoms with Gasteiger partial charge in [-0.2, -0.15) is 0 Å². The number of anilines is 1. The Morgan fingerprint density at radius 2 is 1.85 bits per heavy atom. The van der Waals surface area contributed by atoms with Crippen LogP contribution in [-0.4, -0.2) is 30.0 Å². The van der Waals surface area contributed by atoms with Gasteiger partial charge in [-0.05, 0) is 37.3 Å². The molecule has 2 aromatic carbocycles. The second kappa shape index (κ2) is 8.06. The molecule has 9 heteroatoms. The van der Waals surface area contributed by atoms with Crippen LogP contribution in [0.1, 0.15) is 17.3 Å². The molecule has 0 saturated carbocycles. The van der Waals surface area contributed by atoms with Crippen LogP contribution in [0.25, 0.3) is 0 Å². The lowest BCUT2D eigenvalue weighted by atomic mass is 10.2. The van der Waals surface area contributed by atoms with Crippen LogP contribution >= 0.6 is 0 Å². The van der Waals surface area contributed by atoms with Crippen LogP contribution in [-0.2, 0) is 9.53 Å². The average molecular weight is 362 g/mol. The van der Waals surface area contributed by atoms with Crippen molar-refractivity contribution in [3.05, 3.63) is 64.0 Å². The van der Waals surface area contributed by atoms with Crippen molar-refractivity contribution < 1.29 is 28.4 Å². The number of hydrogen-bond acceptors (Lipinski definition) is 6. The largest absolute Gasteiger partial charge is 0.494 e. The molecule has 136 valence electrons. The van der Waals surface area contributed by atoms with E-state index in [1.54, 1.807) is 0 Å². The summed E-state index contributed by atoms with van der Waals surface area (Å²) in [7, 11) is 1.30. The predicted octanol–water partition coefficient (Wildman–Crippen LogP) is 2.93. The molecule has 2 rings (SSSR count). The van der Waals surface area contributed by atoms with E-state index in [-0.39, 0.29) is 22.7 Å². The maximum Gasteiger partial charge on any atom is 0.338 e. The summed E-state index contributed by atoms with van der Waals surface area (Å²) in [5.41, 5.74) is 0.0855. The Bertz CT molecular complexity index is 838. The van der Waals surface area contributed by atoms with Gasteiger partial charge < -0.3 is 14.8 Å². The Morgan fingerprint density at radius 1 is 1.19 bits per heavy atom. The predicted molar refractivity (Wildman–Crippen MR) is 89.6 cm³/mol. The van der Waals surface area contributed by atoms with E-state index in [4.69, 9.17) is 9.47 Å². The van der Waals surface area contributed by atoms with Crippen molar-refractivity contribution in [2.45, 2.75) is 13.0 Å². The molecule has 0 bridgehead atoms. The van der Waals surface area contributed by atoms with Gasteiger partial charge in [0.05, 0.1) is 29.4 Å². The number of nitro benzene ring substituents is 1. The third kappa shape index (κ3) is 4.53. The Kier molecular flexibility index (Phi) is 5.84. The summed E-state index contributed by atoms with van der Waals surface area (Å²) in [5, 5.41) is 13.2. The molecule has 8 nitrogen and oxygen atoms in total. The van der Waals surface area contributed by atoms with Crippen molar-refractivity contribution in [3.63, 3.8) is 0 Å². The molecule has 0 saturated heterocycles. The van der Waals surface area contributed by atoms with Gasteiger partial charge in [0.1, 0.15) is 11.6 Å². The summed E-state index contributed by atoms with van der Waals surface area (Å²) < 4.78 is 22.9. The Hall–Kier alpha value is -3.49. The Balaban J connectivity index is 2.05. The first kappa shape index (κ1) is 18.8. The number of carbonyl (C=O) groups is 2. The number of non-ortho nitro benzene ring substituents is 1. The number of methoxy groups -OCH3 is 1. The number of hydrogen-bond donors (Lipinski definition) is 1. The minimum atomic E-state index is -1.16. The molecule has 1 N–H and O–H groups in total. The van der Waals surface area contributed by atoms with Crippen LogP contribution in [0.2, 0.25) is 0 Å². The van der Waals surface area contributed by atoms with E-state index in [0.29, 0.717) is 0 Å². The number of nitrogens with zero attached hydrogens (tertiary/aromatic N) is 1. The number of ether oxygens (including phenoxy) is 2.